The van der Waals surface area contributed by atoms with Crippen LogP contribution in [0.2, 0.25) is 5.02 Å². The average molecular weight is 390 g/mol. The topological polar surface area (TPSA) is 49.8 Å². The maximum absolute atomic E-state index is 5.88. The van der Waals surface area contributed by atoms with Gasteiger partial charge in [-0.05, 0) is 42.0 Å². The normalized spacial score (nSPS) is 10.3. The molecule has 4 nitrogen and oxygen atoms in total. The van der Waals surface area contributed by atoms with E-state index in [-0.39, 0.29) is 0 Å². The van der Waals surface area contributed by atoms with Crippen molar-refractivity contribution in [3.05, 3.63) is 76.0 Å². The quantitative estimate of drug-likeness (QED) is 0.626. The number of anilines is 3. The number of halogens is 2. The third-order valence-electron chi connectivity index (χ3n) is 3.17. The molecule has 0 saturated heterocycles. The first-order valence-corrected chi connectivity index (χ1v) is 8.19. The molecule has 0 fully saturated rings. The van der Waals surface area contributed by atoms with Gasteiger partial charge >= 0.3 is 0 Å². The van der Waals surface area contributed by atoms with Crippen LogP contribution in [0.3, 0.4) is 0 Å². The molecule has 3 aromatic rings. The van der Waals surface area contributed by atoms with E-state index < -0.39 is 0 Å². The lowest BCUT2D eigenvalue weighted by molar-refractivity contribution is 1.08. The SMILES string of the molecule is Clc1ccc(CNc2cc(Nc3ccc(Br)cc3)ncn2)cc1. The van der Waals surface area contributed by atoms with E-state index in [1.54, 1.807) is 0 Å². The molecule has 0 aliphatic rings. The van der Waals surface area contributed by atoms with Gasteiger partial charge in [-0.25, -0.2) is 9.97 Å². The van der Waals surface area contributed by atoms with Gasteiger partial charge in [-0.2, -0.15) is 0 Å². The van der Waals surface area contributed by atoms with E-state index >= 15 is 0 Å². The molecule has 3 rings (SSSR count). The molecular weight excluding hydrogens is 376 g/mol. The van der Waals surface area contributed by atoms with Gasteiger partial charge in [-0.3, -0.25) is 0 Å². The van der Waals surface area contributed by atoms with Gasteiger partial charge in [-0.1, -0.05) is 39.7 Å². The summed E-state index contributed by atoms with van der Waals surface area (Å²) in [6.45, 7) is 0.673. The summed E-state index contributed by atoms with van der Waals surface area (Å²) in [6.07, 6.45) is 1.53. The van der Waals surface area contributed by atoms with Crippen LogP contribution in [-0.2, 0) is 6.54 Å². The Kier molecular flexibility index (Phi) is 5.10. The van der Waals surface area contributed by atoms with E-state index in [9.17, 15) is 0 Å². The number of rotatable bonds is 5. The van der Waals surface area contributed by atoms with Crippen molar-refractivity contribution in [3.63, 3.8) is 0 Å². The fourth-order valence-electron chi connectivity index (χ4n) is 2.00. The van der Waals surface area contributed by atoms with Gasteiger partial charge in [0.15, 0.2) is 0 Å². The van der Waals surface area contributed by atoms with Gasteiger partial charge in [0.05, 0.1) is 0 Å². The Morgan fingerprint density at radius 2 is 1.61 bits per heavy atom. The van der Waals surface area contributed by atoms with Gasteiger partial charge in [0.1, 0.15) is 18.0 Å². The van der Waals surface area contributed by atoms with Crippen LogP contribution in [0.15, 0.2) is 65.4 Å². The molecular formula is C17H14BrClN4. The number of hydrogen-bond acceptors (Lipinski definition) is 4. The Balaban J connectivity index is 1.65. The molecule has 0 bridgehead atoms. The van der Waals surface area contributed by atoms with Crippen LogP contribution in [0.5, 0.6) is 0 Å². The second-order valence-electron chi connectivity index (χ2n) is 4.90. The molecule has 116 valence electrons. The Morgan fingerprint density at radius 3 is 2.35 bits per heavy atom. The van der Waals surface area contributed by atoms with Crippen molar-refractivity contribution in [2.45, 2.75) is 6.54 Å². The highest BCUT2D eigenvalue weighted by atomic mass is 79.9. The molecule has 0 amide bonds. The molecule has 2 N–H and O–H groups in total. The smallest absolute Gasteiger partial charge is 0.135 e. The van der Waals surface area contributed by atoms with Gasteiger partial charge < -0.3 is 10.6 Å². The highest BCUT2D eigenvalue weighted by molar-refractivity contribution is 9.10. The van der Waals surface area contributed by atoms with E-state index in [1.165, 1.54) is 6.33 Å². The molecule has 0 saturated carbocycles. The Hall–Kier alpha value is -2.11. The van der Waals surface area contributed by atoms with Crippen molar-refractivity contribution in [2.75, 3.05) is 10.6 Å². The Bertz CT molecular complexity index is 775. The molecule has 0 atom stereocenters. The van der Waals surface area contributed by atoms with Gasteiger partial charge in [0.2, 0.25) is 0 Å². The number of aromatic nitrogens is 2. The highest BCUT2D eigenvalue weighted by Crippen LogP contribution is 2.19. The average Bonchev–Trinajstić information content (AvgIpc) is 2.57. The number of benzene rings is 2. The minimum Gasteiger partial charge on any atom is -0.366 e. The summed E-state index contributed by atoms with van der Waals surface area (Å²) in [5.41, 5.74) is 2.10. The lowest BCUT2D eigenvalue weighted by Crippen LogP contribution is -2.03. The molecule has 6 heteroatoms. The van der Waals surface area contributed by atoms with Crippen LogP contribution in [-0.4, -0.2) is 9.97 Å². The third-order valence-corrected chi connectivity index (χ3v) is 3.95. The van der Waals surface area contributed by atoms with E-state index in [2.05, 4.69) is 36.5 Å². The lowest BCUT2D eigenvalue weighted by Gasteiger charge is -2.09. The largest absolute Gasteiger partial charge is 0.366 e. The molecule has 0 radical (unpaired) electrons. The minimum atomic E-state index is 0.673. The van der Waals surface area contributed by atoms with Gasteiger partial charge in [0, 0.05) is 27.8 Å². The number of nitrogens with zero attached hydrogens (tertiary/aromatic N) is 2. The molecule has 1 heterocycles. The van der Waals surface area contributed by atoms with Crippen LogP contribution in [0.4, 0.5) is 17.3 Å². The van der Waals surface area contributed by atoms with Crippen molar-refractivity contribution in [1.29, 1.82) is 0 Å². The predicted octanol–water partition coefficient (Wildman–Crippen LogP) is 5.25. The van der Waals surface area contributed by atoms with Crippen molar-refractivity contribution in [1.82, 2.24) is 9.97 Å². The van der Waals surface area contributed by atoms with Crippen LogP contribution >= 0.6 is 27.5 Å². The van der Waals surface area contributed by atoms with Crippen LogP contribution in [0.1, 0.15) is 5.56 Å². The fraction of sp³-hybridized carbons (Fsp3) is 0.0588. The van der Waals surface area contributed by atoms with Gasteiger partial charge in [0.25, 0.3) is 0 Å². The fourth-order valence-corrected chi connectivity index (χ4v) is 2.39. The number of nitrogens with one attached hydrogen (secondary N) is 2. The summed E-state index contributed by atoms with van der Waals surface area (Å²) < 4.78 is 1.04. The maximum atomic E-state index is 5.88. The Morgan fingerprint density at radius 1 is 0.913 bits per heavy atom. The molecule has 0 aliphatic heterocycles. The lowest BCUT2D eigenvalue weighted by atomic mass is 10.2. The first-order valence-electron chi connectivity index (χ1n) is 7.02. The summed E-state index contributed by atoms with van der Waals surface area (Å²) in [5.74, 6) is 1.50. The van der Waals surface area contributed by atoms with E-state index in [4.69, 9.17) is 11.6 Å². The molecule has 1 aromatic heterocycles. The van der Waals surface area contributed by atoms with Crippen LogP contribution in [0.25, 0.3) is 0 Å². The minimum absolute atomic E-state index is 0.673. The predicted molar refractivity (Wildman–Crippen MR) is 98.2 cm³/mol. The molecule has 2 aromatic carbocycles. The summed E-state index contributed by atoms with van der Waals surface area (Å²) in [6, 6.07) is 17.5. The van der Waals surface area contributed by atoms with E-state index in [0.29, 0.717) is 6.54 Å². The zero-order valence-corrected chi connectivity index (χ0v) is 14.5. The second kappa shape index (κ2) is 7.44. The summed E-state index contributed by atoms with van der Waals surface area (Å²) >= 11 is 9.30. The van der Waals surface area contributed by atoms with Crippen molar-refractivity contribution < 1.29 is 0 Å². The summed E-state index contributed by atoms with van der Waals surface area (Å²) in [7, 11) is 0. The van der Waals surface area contributed by atoms with Crippen molar-refractivity contribution in [3.8, 4) is 0 Å². The third kappa shape index (κ3) is 4.68. The monoisotopic (exact) mass is 388 g/mol. The first-order chi connectivity index (χ1) is 11.2. The molecule has 0 unspecified atom stereocenters. The molecule has 0 spiro atoms. The Labute approximate surface area is 148 Å². The van der Waals surface area contributed by atoms with E-state index in [1.807, 2.05) is 54.6 Å². The second-order valence-corrected chi connectivity index (χ2v) is 6.25. The van der Waals surface area contributed by atoms with Crippen molar-refractivity contribution >= 4 is 44.9 Å². The zero-order chi connectivity index (χ0) is 16.1. The van der Waals surface area contributed by atoms with Crippen LogP contribution in [0, 0.1) is 0 Å². The zero-order valence-electron chi connectivity index (χ0n) is 12.1. The van der Waals surface area contributed by atoms with Gasteiger partial charge in [-0.15, -0.1) is 0 Å². The van der Waals surface area contributed by atoms with Crippen LogP contribution < -0.4 is 10.6 Å². The molecule has 23 heavy (non-hydrogen) atoms. The van der Waals surface area contributed by atoms with Crippen molar-refractivity contribution in [2.24, 2.45) is 0 Å². The number of hydrogen-bond donors (Lipinski definition) is 2. The van der Waals surface area contributed by atoms with E-state index in [0.717, 1.165) is 32.4 Å². The molecule has 0 aliphatic carbocycles. The maximum Gasteiger partial charge on any atom is 0.135 e. The highest BCUT2D eigenvalue weighted by Gasteiger charge is 2.00. The first kappa shape index (κ1) is 15.8. The summed E-state index contributed by atoms with van der Waals surface area (Å²) in [4.78, 5) is 8.46. The summed E-state index contributed by atoms with van der Waals surface area (Å²) in [5, 5.41) is 7.25. The standard InChI is InChI=1S/C17H14BrClN4/c18-13-3-7-15(8-4-13)23-17-9-16(21-11-22-17)20-10-12-1-5-14(19)6-2-12/h1-9,11H,10H2,(H2,20,21,22,23).